The molecule has 0 amide bonds. The summed E-state index contributed by atoms with van der Waals surface area (Å²) in [5.41, 5.74) is 8.20. The number of hydrogen-bond donors (Lipinski definition) is 0. The van der Waals surface area contributed by atoms with Gasteiger partial charge in [0.2, 0.25) is 0 Å². The van der Waals surface area contributed by atoms with Crippen LogP contribution in [0.25, 0.3) is 76.9 Å². The van der Waals surface area contributed by atoms with Gasteiger partial charge in [-0.2, -0.15) is 5.26 Å². The van der Waals surface area contributed by atoms with Crippen LogP contribution in [0.5, 0.6) is 0 Å². The first-order chi connectivity index (χ1) is 20.3. The average molecular weight is 524 g/mol. The lowest BCUT2D eigenvalue weighted by molar-refractivity contribution is 0.666. The van der Waals surface area contributed by atoms with Crippen molar-refractivity contribution in [2.24, 2.45) is 0 Å². The summed E-state index contributed by atoms with van der Waals surface area (Å²) in [6.45, 7) is 0. The smallest absolute Gasteiger partial charge is 0.162 e. The van der Waals surface area contributed by atoms with Gasteiger partial charge in [0.15, 0.2) is 5.58 Å². The van der Waals surface area contributed by atoms with Gasteiger partial charge >= 0.3 is 0 Å². The van der Waals surface area contributed by atoms with E-state index in [-0.39, 0.29) is 0 Å². The van der Waals surface area contributed by atoms with Gasteiger partial charge in [0.1, 0.15) is 11.3 Å². The zero-order chi connectivity index (χ0) is 27.1. The summed E-state index contributed by atoms with van der Waals surface area (Å²) in [4.78, 5) is 0. The summed E-state index contributed by atoms with van der Waals surface area (Å²) in [5, 5.41) is 17.0. The quantitative estimate of drug-likeness (QED) is 0.226. The van der Waals surface area contributed by atoms with Crippen molar-refractivity contribution in [3.8, 4) is 17.4 Å². The molecule has 3 aromatic heterocycles. The van der Waals surface area contributed by atoms with Gasteiger partial charge in [-0.25, -0.2) is 0 Å². The topological polar surface area (TPSA) is 46.8 Å². The van der Waals surface area contributed by atoms with Gasteiger partial charge in [-0.1, -0.05) is 91.0 Å². The molecule has 0 fully saturated rings. The first-order valence-corrected chi connectivity index (χ1v) is 13.7. The van der Waals surface area contributed by atoms with Crippen LogP contribution < -0.4 is 0 Å². The minimum Gasteiger partial charge on any atom is -0.454 e. The Balaban J connectivity index is 1.59. The number of aromatic nitrogens is 2. The van der Waals surface area contributed by atoms with Crippen LogP contribution in [0.15, 0.2) is 132 Å². The van der Waals surface area contributed by atoms with Crippen molar-refractivity contribution in [2.45, 2.75) is 0 Å². The van der Waals surface area contributed by atoms with E-state index in [1.54, 1.807) is 0 Å². The number of nitrogens with zero attached hydrogens (tertiary/aromatic N) is 3. The number of nitriles is 1. The first kappa shape index (κ1) is 22.1. The maximum atomic E-state index is 10.5. The largest absolute Gasteiger partial charge is 0.454 e. The number of benzene rings is 6. The highest BCUT2D eigenvalue weighted by Gasteiger charge is 2.26. The summed E-state index contributed by atoms with van der Waals surface area (Å²) < 4.78 is 11.3. The number of furan rings is 1. The van der Waals surface area contributed by atoms with Crippen molar-refractivity contribution in [1.82, 2.24) is 9.13 Å². The van der Waals surface area contributed by atoms with Crippen molar-refractivity contribution in [2.75, 3.05) is 0 Å². The van der Waals surface area contributed by atoms with E-state index in [1.165, 1.54) is 21.5 Å². The van der Waals surface area contributed by atoms with Crippen LogP contribution in [0.2, 0.25) is 0 Å². The Morgan fingerprint density at radius 2 is 0.951 bits per heavy atom. The normalized spacial score (nSPS) is 11.9. The van der Waals surface area contributed by atoms with Crippen molar-refractivity contribution in [3.63, 3.8) is 0 Å². The van der Waals surface area contributed by atoms with E-state index in [2.05, 4.69) is 112 Å². The molecule has 0 spiro atoms. The molecule has 4 heteroatoms. The fraction of sp³-hybridized carbons (Fsp3) is 0. The van der Waals surface area contributed by atoms with Crippen molar-refractivity contribution in [1.29, 1.82) is 5.26 Å². The zero-order valence-corrected chi connectivity index (χ0v) is 21.9. The molecule has 0 atom stereocenters. The molecule has 9 aromatic rings. The second-order valence-corrected chi connectivity index (χ2v) is 10.4. The molecule has 0 N–H and O–H groups in total. The summed E-state index contributed by atoms with van der Waals surface area (Å²) in [6, 6.07) is 46.5. The zero-order valence-electron chi connectivity index (χ0n) is 21.9. The van der Waals surface area contributed by atoms with Gasteiger partial charge in [0.25, 0.3) is 0 Å². The SMILES string of the molecule is N#Cc1cc(-n2c3ccccc3c3ccccc32)c(-n2c3ccccc3c3ccccc32)c2oc3ccccc3c12. The van der Waals surface area contributed by atoms with Gasteiger partial charge in [-0.3, -0.25) is 0 Å². The Hall–Kier alpha value is -5.79. The predicted octanol–water partition coefficient (Wildman–Crippen LogP) is 9.65. The van der Waals surface area contributed by atoms with Crippen LogP contribution in [0.1, 0.15) is 5.56 Å². The number of para-hydroxylation sites is 5. The van der Waals surface area contributed by atoms with Crippen LogP contribution in [0.3, 0.4) is 0 Å². The van der Waals surface area contributed by atoms with Crippen molar-refractivity contribution >= 4 is 65.6 Å². The molecule has 190 valence electrons. The van der Waals surface area contributed by atoms with Crippen LogP contribution >= 0.6 is 0 Å². The number of fused-ring (bicyclic) bond motifs is 9. The lowest BCUT2D eigenvalue weighted by Crippen LogP contribution is -2.05. The number of rotatable bonds is 2. The molecule has 0 bridgehead atoms. The Bertz CT molecular complexity index is 2450. The molecule has 4 nitrogen and oxygen atoms in total. The molecule has 6 aromatic carbocycles. The van der Waals surface area contributed by atoms with E-state index in [4.69, 9.17) is 4.42 Å². The number of hydrogen-bond acceptors (Lipinski definition) is 2. The van der Waals surface area contributed by atoms with E-state index in [0.29, 0.717) is 11.1 Å². The third kappa shape index (κ3) is 2.87. The van der Waals surface area contributed by atoms with E-state index >= 15 is 0 Å². The Labute approximate surface area is 234 Å². The Morgan fingerprint density at radius 3 is 1.46 bits per heavy atom. The van der Waals surface area contributed by atoms with Crippen molar-refractivity contribution in [3.05, 3.63) is 133 Å². The third-order valence-corrected chi connectivity index (χ3v) is 8.35. The maximum Gasteiger partial charge on any atom is 0.162 e. The monoisotopic (exact) mass is 523 g/mol. The van der Waals surface area contributed by atoms with Crippen molar-refractivity contribution < 1.29 is 4.42 Å². The molecule has 0 saturated heterocycles. The van der Waals surface area contributed by atoms with Gasteiger partial charge < -0.3 is 13.6 Å². The van der Waals surface area contributed by atoms with Gasteiger partial charge in [-0.05, 0) is 36.4 Å². The Morgan fingerprint density at radius 1 is 0.512 bits per heavy atom. The summed E-state index contributed by atoms with van der Waals surface area (Å²) in [6.07, 6.45) is 0. The maximum absolute atomic E-state index is 10.5. The van der Waals surface area contributed by atoms with E-state index in [9.17, 15) is 5.26 Å². The molecule has 3 heterocycles. The van der Waals surface area contributed by atoms with Crippen LogP contribution in [-0.4, -0.2) is 9.13 Å². The highest BCUT2D eigenvalue weighted by Crippen LogP contribution is 2.44. The molecule has 0 saturated carbocycles. The second-order valence-electron chi connectivity index (χ2n) is 10.4. The molecular formula is C37H21N3O. The van der Waals surface area contributed by atoms with E-state index < -0.39 is 0 Å². The van der Waals surface area contributed by atoms with Crippen LogP contribution in [0.4, 0.5) is 0 Å². The highest BCUT2D eigenvalue weighted by molar-refractivity contribution is 6.16. The van der Waals surface area contributed by atoms with Crippen LogP contribution in [0, 0.1) is 11.3 Å². The third-order valence-electron chi connectivity index (χ3n) is 8.35. The van der Waals surface area contributed by atoms with Gasteiger partial charge in [0, 0.05) is 32.3 Å². The molecule has 0 aliphatic heterocycles. The van der Waals surface area contributed by atoms with Gasteiger partial charge in [-0.15, -0.1) is 0 Å². The fourth-order valence-electron chi connectivity index (χ4n) is 6.69. The molecule has 41 heavy (non-hydrogen) atoms. The molecule has 0 radical (unpaired) electrons. The summed E-state index contributed by atoms with van der Waals surface area (Å²) in [5.74, 6) is 0. The molecule has 0 aliphatic rings. The minimum atomic E-state index is 0.589. The van der Waals surface area contributed by atoms with Crippen LogP contribution in [-0.2, 0) is 0 Å². The molecule has 0 aliphatic carbocycles. The fourth-order valence-corrected chi connectivity index (χ4v) is 6.69. The Kier molecular flexibility index (Phi) is 4.37. The highest BCUT2D eigenvalue weighted by atomic mass is 16.3. The van der Waals surface area contributed by atoms with E-state index in [1.807, 2.05) is 30.3 Å². The average Bonchev–Trinajstić information content (AvgIpc) is 3.69. The molecule has 0 unspecified atom stereocenters. The lowest BCUT2D eigenvalue weighted by Gasteiger charge is -2.18. The molecular weight excluding hydrogens is 502 g/mol. The summed E-state index contributed by atoms with van der Waals surface area (Å²) in [7, 11) is 0. The van der Waals surface area contributed by atoms with E-state index in [0.717, 1.165) is 49.8 Å². The first-order valence-electron chi connectivity index (χ1n) is 13.7. The van der Waals surface area contributed by atoms with Gasteiger partial charge in [0.05, 0.1) is 39.4 Å². The minimum absolute atomic E-state index is 0.589. The standard InChI is InChI=1S/C37H21N3O/c38-22-23-21-33(39-29-16-6-1-11-24(29)25-12-2-7-17-30(25)39)36(37-35(23)28-15-5-10-20-34(28)41-37)40-31-18-8-3-13-26(31)27-14-4-9-19-32(27)40/h1-21H. The lowest BCUT2D eigenvalue weighted by atomic mass is 10.0. The second kappa shape index (κ2) is 8.11. The summed E-state index contributed by atoms with van der Waals surface area (Å²) >= 11 is 0. The molecule has 9 rings (SSSR count). The predicted molar refractivity (Wildman–Crippen MR) is 167 cm³/mol.